The summed E-state index contributed by atoms with van der Waals surface area (Å²) in [5, 5.41) is 0. The molecule has 0 radical (unpaired) electrons. The van der Waals surface area contributed by atoms with Crippen LogP contribution in [0.15, 0.2) is 84.4 Å². The molecular weight excluding hydrogens is 378 g/mol. The van der Waals surface area contributed by atoms with Crippen molar-refractivity contribution >= 4 is 11.4 Å². The van der Waals surface area contributed by atoms with Gasteiger partial charge in [-0.3, -0.25) is 4.90 Å². The molecular formula is C29H27NO. The lowest BCUT2D eigenvalue weighted by Gasteiger charge is -2.55. The van der Waals surface area contributed by atoms with Gasteiger partial charge in [-0.2, -0.15) is 0 Å². The number of anilines is 1. The van der Waals surface area contributed by atoms with Gasteiger partial charge in [-0.25, -0.2) is 0 Å². The average molecular weight is 406 g/mol. The van der Waals surface area contributed by atoms with Crippen LogP contribution in [0.1, 0.15) is 54.7 Å². The van der Waals surface area contributed by atoms with E-state index >= 15 is 0 Å². The Morgan fingerprint density at radius 1 is 0.806 bits per heavy atom. The van der Waals surface area contributed by atoms with Gasteiger partial charge in [0.15, 0.2) is 5.72 Å². The summed E-state index contributed by atoms with van der Waals surface area (Å²) in [6.45, 7) is 0. The Kier molecular flexibility index (Phi) is 3.70. The molecule has 0 N–H and O–H groups in total. The summed E-state index contributed by atoms with van der Waals surface area (Å²) in [7, 11) is 0. The first-order valence-electron chi connectivity index (χ1n) is 11.8. The van der Waals surface area contributed by atoms with Gasteiger partial charge in [0.25, 0.3) is 0 Å². The summed E-state index contributed by atoms with van der Waals surface area (Å²) >= 11 is 0. The van der Waals surface area contributed by atoms with E-state index in [9.17, 15) is 0 Å². The van der Waals surface area contributed by atoms with Gasteiger partial charge in [-0.1, -0.05) is 73.2 Å². The number of fused-ring (bicyclic) bond motifs is 5. The molecule has 1 fully saturated rings. The zero-order valence-corrected chi connectivity index (χ0v) is 17.8. The van der Waals surface area contributed by atoms with Crippen LogP contribution < -0.4 is 9.64 Å². The molecule has 3 atom stereocenters. The number of allylic oxidation sites excluding steroid dienone is 1. The fourth-order valence-electron chi connectivity index (χ4n) is 6.90. The van der Waals surface area contributed by atoms with Gasteiger partial charge in [0.05, 0.1) is 11.4 Å². The molecule has 2 heteroatoms. The zero-order chi connectivity index (χ0) is 20.4. The first-order valence-corrected chi connectivity index (χ1v) is 11.8. The SMILES string of the molecule is c1ccc([C@H]2C3=C(c4ccccc4CC3)N3c4ccccc4O[C@@]34CCCC[C@@H]24)cc1. The fourth-order valence-corrected chi connectivity index (χ4v) is 6.90. The highest BCUT2D eigenvalue weighted by Gasteiger charge is 2.60. The molecule has 3 aromatic rings. The highest BCUT2D eigenvalue weighted by molar-refractivity contribution is 5.90. The number of aryl methyl sites for hydroxylation is 1. The molecule has 3 aromatic carbocycles. The van der Waals surface area contributed by atoms with Crippen molar-refractivity contribution in [1.82, 2.24) is 0 Å². The summed E-state index contributed by atoms with van der Waals surface area (Å²) in [4.78, 5) is 2.64. The van der Waals surface area contributed by atoms with E-state index in [2.05, 4.69) is 83.8 Å². The third-order valence-electron chi connectivity index (χ3n) is 8.05. The second-order valence-corrected chi connectivity index (χ2v) is 9.52. The highest BCUT2D eigenvalue weighted by Crippen LogP contribution is 2.63. The standard InChI is InChI=1S/C29H27NO/c1-2-11-21(12-3-1)27-23-18-17-20-10-4-5-13-22(20)28(23)30-25-15-6-7-16-26(25)31-29(30)19-9-8-14-24(27)29/h1-7,10-13,15-16,24,27H,8-9,14,17-19H2/t24-,27-,29+/m0/s1. The van der Waals surface area contributed by atoms with E-state index in [4.69, 9.17) is 4.74 Å². The third kappa shape index (κ3) is 2.34. The molecule has 0 amide bonds. The largest absolute Gasteiger partial charge is 0.465 e. The first kappa shape index (κ1) is 17.7. The van der Waals surface area contributed by atoms with E-state index in [-0.39, 0.29) is 5.72 Å². The van der Waals surface area contributed by atoms with Crippen molar-refractivity contribution in [2.24, 2.45) is 5.92 Å². The molecule has 1 spiro atoms. The number of rotatable bonds is 1. The zero-order valence-electron chi connectivity index (χ0n) is 17.8. The van der Waals surface area contributed by atoms with Gasteiger partial charge in [0.2, 0.25) is 0 Å². The lowest BCUT2D eigenvalue weighted by molar-refractivity contribution is -0.0148. The Morgan fingerprint density at radius 2 is 1.61 bits per heavy atom. The van der Waals surface area contributed by atoms with Gasteiger partial charge >= 0.3 is 0 Å². The second kappa shape index (κ2) is 6.50. The smallest absolute Gasteiger partial charge is 0.191 e. The van der Waals surface area contributed by atoms with E-state index in [1.165, 1.54) is 47.3 Å². The van der Waals surface area contributed by atoms with Crippen molar-refractivity contribution in [2.75, 3.05) is 4.90 Å². The van der Waals surface area contributed by atoms with E-state index in [0.29, 0.717) is 11.8 Å². The monoisotopic (exact) mass is 405 g/mol. The van der Waals surface area contributed by atoms with Gasteiger partial charge < -0.3 is 4.74 Å². The van der Waals surface area contributed by atoms with Crippen molar-refractivity contribution in [3.8, 4) is 5.75 Å². The summed E-state index contributed by atoms with van der Waals surface area (Å²) in [5.74, 6) is 1.95. The maximum Gasteiger partial charge on any atom is 0.191 e. The molecule has 154 valence electrons. The van der Waals surface area contributed by atoms with Crippen LogP contribution in [0.5, 0.6) is 5.75 Å². The minimum absolute atomic E-state index is 0.272. The predicted octanol–water partition coefficient (Wildman–Crippen LogP) is 6.93. The topological polar surface area (TPSA) is 12.5 Å². The Morgan fingerprint density at radius 3 is 2.55 bits per heavy atom. The Balaban J connectivity index is 1.56. The van der Waals surface area contributed by atoms with Gasteiger partial charge in [-0.05, 0) is 54.5 Å². The number of ether oxygens (including phenoxy) is 1. The van der Waals surface area contributed by atoms with Crippen LogP contribution in [-0.4, -0.2) is 5.72 Å². The maximum atomic E-state index is 7.01. The molecule has 2 aliphatic heterocycles. The maximum absolute atomic E-state index is 7.01. The van der Waals surface area contributed by atoms with Crippen LogP contribution in [-0.2, 0) is 6.42 Å². The molecule has 0 aromatic heterocycles. The molecule has 1 saturated carbocycles. The summed E-state index contributed by atoms with van der Waals surface area (Å²) in [5.41, 5.74) is 8.37. The van der Waals surface area contributed by atoms with Crippen LogP contribution in [0.4, 0.5) is 5.69 Å². The Labute approximate surface area is 184 Å². The van der Waals surface area contributed by atoms with Crippen molar-refractivity contribution in [1.29, 1.82) is 0 Å². The number of benzene rings is 3. The molecule has 4 aliphatic rings. The van der Waals surface area contributed by atoms with E-state index in [1.54, 1.807) is 5.57 Å². The number of para-hydroxylation sites is 2. The van der Waals surface area contributed by atoms with Gasteiger partial charge in [-0.15, -0.1) is 0 Å². The first-order chi connectivity index (χ1) is 15.4. The van der Waals surface area contributed by atoms with Crippen LogP contribution in [0.3, 0.4) is 0 Å². The molecule has 2 heterocycles. The van der Waals surface area contributed by atoms with Gasteiger partial charge in [0.1, 0.15) is 5.75 Å². The summed E-state index contributed by atoms with van der Waals surface area (Å²) in [6.07, 6.45) is 7.11. The quantitative estimate of drug-likeness (QED) is 0.435. The van der Waals surface area contributed by atoms with Crippen LogP contribution in [0, 0.1) is 5.92 Å². The minimum atomic E-state index is -0.272. The number of nitrogens with zero attached hydrogens (tertiary/aromatic N) is 1. The molecule has 0 saturated heterocycles. The Bertz CT molecular complexity index is 1200. The lowest BCUT2D eigenvalue weighted by atomic mass is 9.63. The van der Waals surface area contributed by atoms with Gasteiger partial charge in [0, 0.05) is 23.8 Å². The van der Waals surface area contributed by atoms with E-state index < -0.39 is 0 Å². The van der Waals surface area contributed by atoms with Crippen LogP contribution in [0.2, 0.25) is 0 Å². The van der Waals surface area contributed by atoms with Crippen molar-refractivity contribution in [3.05, 3.63) is 101 Å². The molecule has 2 nitrogen and oxygen atoms in total. The van der Waals surface area contributed by atoms with Crippen LogP contribution in [0.25, 0.3) is 5.70 Å². The minimum Gasteiger partial charge on any atom is -0.465 e. The normalized spacial score (nSPS) is 28.1. The third-order valence-corrected chi connectivity index (χ3v) is 8.05. The molecule has 0 unspecified atom stereocenters. The molecule has 31 heavy (non-hydrogen) atoms. The number of hydrogen-bond acceptors (Lipinski definition) is 2. The van der Waals surface area contributed by atoms with Crippen LogP contribution >= 0.6 is 0 Å². The van der Waals surface area contributed by atoms with E-state index in [1.807, 2.05) is 0 Å². The molecule has 0 bridgehead atoms. The fraction of sp³-hybridized carbons (Fsp3) is 0.310. The Hall–Kier alpha value is -3.00. The lowest BCUT2D eigenvalue weighted by Crippen LogP contribution is -2.60. The number of hydrogen-bond donors (Lipinski definition) is 0. The average Bonchev–Trinajstić information content (AvgIpc) is 3.16. The van der Waals surface area contributed by atoms with Crippen molar-refractivity contribution in [3.63, 3.8) is 0 Å². The predicted molar refractivity (Wildman–Crippen MR) is 125 cm³/mol. The van der Waals surface area contributed by atoms with Crippen molar-refractivity contribution in [2.45, 2.75) is 50.2 Å². The van der Waals surface area contributed by atoms with Crippen molar-refractivity contribution < 1.29 is 4.74 Å². The molecule has 7 rings (SSSR count). The summed E-state index contributed by atoms with van der Waals surface area (Å²) < 4.78 is 7.01. The molecule has 2 aliphatic carbocycles. The highest BCUT2D eigenvalue weighted by atomic mass is 16.5. The second-order valence-electron chi connectivity index (χ2n) is 9.52. The summed E-state index contributed by atoms with van der Waals surface area (Å²) in [6, 6.07) is 29.0. The van der Waals surface area contributed by atoms with E-state index in [0.717, 1.165) is 25.0 Å².